The van der Waals surface area contributed by atoms with Crippen molar-refractivity contribution in [2.75, 3.05) is 18.5 Å². The van der Waals surface area contributed by atoms with E-state index in [0.717, 1.165) is 17.7 Å². The molecule has 2 heterocycles. The molecule has 2 aromatic carbocycles. The highest BCUT2D eigenvalue weighted by molar-refractivity contribution is 6.32. The summed E-state index contributed by atoms with van der Waals surface area (Å²) in [6.07, 6.45) is 0.443. The summed E-state index contributed by atoms with van der Waals surface area (Å²) in [6, 6.07) is 11.0. The maximum absolute atomic E-state index is 12.3. The molecule has 0 aliphatic carbocycles. The Labute approximate surface area is 138 Å². The normalized spacial score (nSPS) is 19.2. The summed E-state index contributed by atoms with van der Waals surface area (Å²) in [6.45, 7) is 1.16. The molecule has 2 aromatic rings. The number of rotatable bonds is 1. The molecule has 0 saturated heterocycles. The molecule has 0 radical (unpaired) electrons. The first kappa shape index (κ1) is 14.2. The van der Waals surface area contributed by atoms with E-state index in [2.05, 4.69) is 10.6 Å². The van der Waals surface area contributed by atoms with E-state index in [1.54, 1.807) is 12.1 Å². The van der Waals surface area contributed by atoms with Crippen LogP contribution in [0.3, 0.4) is 0 Å². The molecule has 2 N–H and O–H groups in total. The molecule has 0 aromatic heterocycles. The minimum atomic E-state index is -0.368. The Hall–Kier alpha value is -2.40. The molecule has 23 heavy (non-hydrogen) atoms. The highest BCUT2D eigenvalue weighted by Crippen LogP contribution is 2.40. The third-order valence-corrected chi connectivity index (χ3v) is 4.19. The van der Waals surface area contributed by atoms with Crippen molar-refractivity contribution in [3.05, 3.63) is 52.5 Å². The number of hydrogen-bond acceptors (Lipinski definition) is 4. The highest BCUT2D eigenvalue weighted by Gasteiger charge is 2.26. The van der Waals surface area contributed by atoms with Crippen molar-refractivity contribution in [1.29, 1.82) is 0 Å². The van der Waals surface area contributed by atoms with Crippen molar-refractivity contribution in [3.63, 3.8) is 0 Å². The number of benzene rings is 2. The predicted molar refractivity (Wildman–Crippen MR) is 87.3 cm³/mol. The van der Waals surface area contributed by atoms with Crippen LogP contribution in [0.4, 0.5) is 5.69 Å². The molecule has 118 valence electrons. The second-order valence-corrected chi connectivity index (χ2v) is 5.88. The van der Waals surface area contributed by atoms with Crippen LogP contribution >= 0.6 is 11.6 Å². The number of carbonyl (C=O) groups is 1. The Bertz CT molecular complexity index is 778. The van der Waals surface area contributed by atoms with E-state index in [4.69, 9.17) is 21.1 Å². The Morgan fingerprint density at radius 1 is 1.09 bits per heavy atom. The maximum Gasteiger partial charge on any atom is 0.255 e. The molecular formula is C17H15ClN2O3. The molecule has 4 rings (SSSR count). The number of anilines is 1. The van der Waals surface area contributed by atoms with Gasteiger partial charge in [0, 0.05) is 12.1 Å². The van der Waals surface area contributed by atoms with Crippen molar-refractivity contribution in [1.82, 2.24) is 5.32 Å². The van der Waals surface area contributed by atoms with Crippen molar-refractivity contribution in [3.8, 4) is 11.5 Å². The lowest BCUT2D eigenvalue weighted by molar-refractivity contribution is 0.0935. The first-order chi connectivity index (χ1) is 11.2. The minimum absolute atomic E-state index is 0.118. The fourth-order valence-electron chi connectivity index (χ4n) is 2.79. The maximum atomic E-state index is 12.3. The topological polar surface area (TPSA) is 59.6 Å². The van der Waals surface area contributed by atoms with Gasteiger partial charge in [-0.3, -0.25) is 4.79 Å². The third-order valence-electron chi connectivity index (χ3n) is 3.90. The zero-order valence-corrected chi connectivity index (χ0v) is 13.0. The molecule has 0 fully saturated rings. The lowest BCUT2D eigenvalue weighted by Crippen LogP contribution is -2.38. The molecule has 0 saturated carbocycles. The molecule has 1 amide bonds. The average Bonchev–Trinajstić information content (AvgIpc) is 2.80. The molecule has 2 aliphatic heterocycles. The van der Waals surface area contributed by atoms with Gasteiger partial charge in [-0.05, 0) is 29.8 Å². The van der Waals surface area contributed by atoms with Gasteiger partial charge in [-0.2, -0.15) is 0 Å². The number of nitrogens with one attached hydrogen (secondary N) is 2. The Balaban J connectivity index is 1.71. The molecule has 1 atom stereocenters. The van der Waals surface area contributed by atoms with E-state index >= 15 is 0 Å². The fraction of sp³-hybridized carbons (Fsp3) is 0.235. The summed E-state index contributed by atoms with van der Waals surface area (Å²) in [5.74, 6) is 1.06. The summed E-state index contributed by atoms with van der Waals surface area (Å²) in [5, 5.41) is 6.72. The van der Waals surface area contributed by atoms with Crippen molar-refractivity contribution in [2.24, 2.45) is 0 Å². The Morgan fingerprint density at radius 2 is 1.91 bits per heavy atom. The fourth-order valence-corrected chi connectivity index (χ4v) is 3.07. The van der Waals surface area contributed by atoms with Crippen LogP contribution in [0.15, 0.2) is 36.4 Å². The van der Waals surface area contributed by atoms with Gasteiger partial charge < -0.3 is 20.1 Å². The summed E-state index contributed by atoms with van der Waals surface area (Å²) in [5.41, 5.74) is 2.25. The summed E-state index contributed by atoms with van der Waals surface area (Å²) in [7, 11) is 0. The van der Waals surface area contributed by atoms with Crippen LogP contribution in [0.5, 0.6) is 11.5 Å². The number of fused-ring (bicyclic) bond motifs is 2. The van der Waals surface area contributed by atoms with Crippen LogP contribution in [-0.4, -0.2) is 19.1 Å². The van der Waals surface area contributed by atoms with Gasteiger partial charge in [0.25, 0.3) is 5.91 Å². The number of para-hydroxylation sites is 1. The standard InChI is InChI=1S/C17H15ClN2O3/c18-12-8-10(9-14-15(12)23-7-3-6-22-14)16-19-13-5-2-1-4-11(13)17(21)20-16/h1-2,4-5,8-9,16,19H,3,6-7H2,(H,20,21). The monoisotopic (exact) mass is 330 g/mol. The second kappa shape index (κ2) is 5.66. The van der Waals surface area contributed by atoms with Crippen LogP contribution in [0, 0.1) is 0 Å². The number of halogens is 1. The zero-order valence-electron chi connectivity index (χ0n) is 12.3. The van der Waals surface area contributed by atoms with Gasteiger partial charge in [-0.1, -0.05) is 23.7 Å². The first-order valence-electron chi connectivity index (χ1n) is 7.48. The van der Waals surface area contributed by atoms with Crippen molar-refractivity contribution < 1.29 is 14.3 Å². The van der Waals surface area contributed by atoms with Crippen LogP contribution in [0.25, 0.3) is 0 Å². The lowest BCUT2D eigenvalue weighted by Gasteiger charge is -2.28. The van der Waals surface area contributed by atoms with E-state index in [1.807, 2.05) is 24.3 Å². The van der Waals surface area contributed by atoms with E-state index in [1.165, 1.54) is 0 Å². The molecule has 2 aliphatic rings. The van der Waals surface area contributed by atoms with Gasteiger partial charge in [0.15, 0.2) is 11.5 Å². The second-order valence-electron chi connectivity index (χ2n) is 5.48. The Morgan fingerprint density at radius 3 is 2.83 bits per heavy atom. The van der Waals surface area contributed by atoms with Gasteiger partial charge in [0.1, 0.15) is 6.17 Å². The number of ether oxygens (including phenoxy) is 2. The summed E-state index contributed by atoms with van der Waals surface area (Å²) >= 11 is 6.33. The number of carbonyl (C=O) groups excluding carboxylic acids is 1. The van der Waals surface area contributed by atoms with Gasteiger partial charge in [0.05, 0.1) is 23.8 Å². The average molecular weight is 331 g/mol. The molecule has 6 heteroatoms. The molecule has 5 nitrogen and oxygen atoms in total. The number of hydrogen-bond donors (Lipinski definition) is 2. The smallest absolute Gasteiger partial charge is 0.255 e. The largest absolute Gasteiger partial charge is 0.489 e. The molecule has 0 bridgehead atoms. The minimum Gasteiger partial charge on any atom is -0.489 e. The predicted octanol–water partition coefficient (Wildman–Crippen LogP) is 3.36. The van der Waals surface area contributed by atoms with Crippen LogP contribution < -0.4 is 20.1 Å². The SMILES string of the molecule is O=C1NC(c2cc(Cl)c3c(c2)OCCCO3)Nc2ccccc21. The lowest BCUT2D eigenvalue weighted by atomic mass is 10.1. The zero-order chi connectivity index (χ0) is 15.8. The van der Waals surface area contributed by atoms with Crippen molar-refractivity contribution in [2.45, 2.75) is 12.6 Å². The van der Waals surface area contributed by atoms with E-state index < -0.39 is 0 Å². The first-order valence-corrected chi connectivity index (χ1v) is 7.85. The molecular weight excluding hydrogens is 316 g/mol. The van der Waals surface area contributed by atoms with Gasteiger partial charge >= 0.3 is 0 Å². The van der Waals surface area contributed by atoms with Crippen molar-refractivity contribution >= 4 is 23.2 Å². The number of amides is 1. The molecule has 0 spiro atoms. The van der Waals surface area contributed by atoms with Gasteiger partial charge in [-0.25, -0.2) is 0 Å². The Kier molecular flexibility index (Phi) is 3.50. The van der Waals surface area contributed by atoms with Crippen LogP contribution in [-0.2, 0) is 0 Å². The van der Waals surface area contributed by atoms with E-state index in [0.29, 0.717) is 35.3 Å². The van der Waals surface area contributed by atoms with Crippen LogP contribution in [0.2, 0.25) is 5.02 Å². The van der Waals surface area contributed by atoms with Crippen LogP contribution in [0.1, 0.15) is 28.5 Å². The summed E-state index contributed by atoms with van der Waals surface area (Å²) in [4.78, 5) is 12.3. The summed E-state index contributed by atoms with van der Waals surface area (Å²) < 4.78 is 11.3. The highest BCUT2D eigenvalue weighted by atomic mass is 35.5. The quantitative estimate of drug-likeness (QED) is 0.841. The van der Waals surface area contributed by atoms with Gasteiger partial charge in [-0.15, -0.1) is 0 Å². The van der Waals surface area contributed by atoms with Gasteiger partial charge in [0.2, 0.25) is 0 Å². The van der Waals surface area contributed by atoms with E-state index in [-0.39, 0.29) is 12.1 Å². The molecule has 1 unspecified atom stereocenters. The third kappa shape index (κ3) is 2.57. The van der Waals surface area contributed by atoms with E-state index in [9.17, 15) is 4.79 Å².